The van der Waals surface area contributed by atoms with Crippen molar-refractivity contribution in [1.29, 1.82) is 0 Å². The number of rotatable bonds is 6. The minimum atomic E-state index is -3.45. The van der Waals surface area contributed by atoms with Crippen LogP contribution in [-0.4, -0.2) is 62.9 Å². The van der Waals surface area contributed by atoms with Crippen molar-refractivity contribution < 1.29 is 17.9 Å². The molecule has 1 aromatic rings. The number of nitrogens with zero attached hydrogens (tertiary/aromatic N) is 2. The summed E-state index contributed by atoms with van der Waals surface area (Å²) in [6.45, 7) is 2.69. The van der Waals surface area contributed by atoms with Gasteiger partial charge in [0.05, 0.1) is 0 Å². The van der Waals surface area contributed by atoms with Crippen molar-refractivity contribution in [2.75, 3.05) is 27.2 Å². The molecule has 7 nitrogen and oxygen atoms in total. The Bertz CT molecular complexity index is 686. The Morgan fingerprint density at radius 3 is 2.36 bits per heavy atom. The lowest BCUT2D eigenvalue weighted by molar-refractivity contribution is -0.139. The number of hydrogen-bond donors (Lipinski definition) is 1. The average Bonchev–Trinajstić information content (AvgIpc) is 2.56. The predicted molar refractivity (Wildman–Crippen MR) is 96.9 cm³/mol. The fourth-order valence-corrected chi connectivity index (χ4v) is 3.55. The van der Waals surface area contributed by atoms with E-state index in [0.29, 0.717) is 36.7 Å². The van der Waals surface area contributed by atoms with Crippen LogP contribution in [0.15, 0.2) is 24.3 Å². The summed E-state index contributed by atoms with van der Waals surface area (Å²) in [6, 6.07) is 6.68. The molecule has 1 aliphatic rings. The van der Waals surface area contributed by atoms with Crippen molar-refractivity contribution in [2.24, 2.45) is 0 Å². The van der Waals surface area contributed by atoms with Gasteiger partial charge < -0.3 is 9.64 Å². The van der Waals surface area contributed by atoms with Crippen molar-refractivity contribution in [3.63, 3.8) is 0 Å². The lowest BCUT2D eigenvalue weighted by Gasteiger charge is -2.34. The molecule has 1 amide bonds. The molecule has 1 saturated heterocycles. The maximum atomic E-state index is 12.5. The number of likely N-dealkylation sites (tertiary alicyclic amines) is 1. The molecular weight excluding hydrogens is 366 g/mol. The van der Waals surface area contributed by atoms with Crippen LogP contribution in [0, 0.1) is 0 Å². The molecule has 1 heterocycles. The summed E-state index contributed by atoms with van der Waals surface area (Å²) in [5.41, 5.74) is 0. The first-order valence-corrected chi connectivity index (χ1v) is 9.91. The highest BCUT2D eigenvalue weighted by atomic mass is 35.5. The minimum Gasteiger partial charge on any atom is -0.481 e. The van der Waals surface area contributed by atoms with E-state index >= 15 is 0 Å². The van der Waals surface area contributed by atoms with Crippen LogP contribution >= 0.6 is 11.6 Å². The summed E-state index contributed by atoms with van der Waals surface area (Å²) < 4.78 is 33.2. The van der Waals surface area contributed by atoms with Gasteiger partial charge in [-0.3, -0.25) is 4.79 Å². The monoisotopic (exact) mass is 389 g/mol. The number of carbonyl (C=O) groups excluding carboxylic acids is 1. The van der Waals surface area contributed by atoms with Gasteiger partial charge in [0.15, 0.2) is 6.10 Å². The van der Waals surface area contributed by atoms with E-state index in [1.54, 1.807) is 36.1 Å². The summed E-state index contributed by atoms with van der Waals surface area (Å²) in [7, 11) is -0.486. The van der Waals surface area contributed by atoms with E-state index in [4.69, 9.17) is 16.3 Å². The Morgan fingerprint density at radius 2 is 1.84 bits per heavy atom. The van der Waals surface area contributed by atoms with Gasteiger partial charge in [0.2, 0.25) is 0 Å². The first-order valence-electron chi connectivity index (χ1n) is 8.10. The molecule has 140 valence electrons. The zero-order chi connectivity index (χ0) is 18.6. The molecule has 0 bridgehead atoms. The van der Waals surface area contributed by atoms with E-state index in [2.05, 4.69) is 4.72 Å². The molecule has 0 aromatic heterocycles. The van der Waals surface area contributed by atoms with Gasteiger partial charge in [-0.15, -0.1) is 0 Å². The van der Waals surface area contributed by atoms with Crippen molar-refractivity contribution in [3.8, 4) is 5.75 Å². The third kappa shape index (κ3) is 5.57. The molecule has 0 radical (unpaired) electrons. The van der Waals surface area contributed by atoms with Crippen molar-refractivity contribution in [1.82, 2.24) is 13.9 Å². The SMILES string of the molecule is CC(Oc1ccc(Cl)cc1)C(=O)N1CCC(NS(=O)(=O)N(C)C)CC1. The minimum absolute atomic E-state index is 0.108. The van der Waals surface area contributed by atoms with Crippen molar-refractivity contribution >= 4 is 27.7 Å². The number of piperidine rings is 1. The molecule has 0 saturated carbocycles. The largest absolute Gasteiger partial charge is 0.481 e. The average molecular weight is 390 g/mol. The molecule has 0 aliphatic carbocycles. The number of amides is 1. The van der Waals surface area contributed by atoms with Gasteiger partial charge in [0, 0.05) is 38.2 Å². The van der Waals surface area contributed by atoms with Crippen LogP contribution in [0.5, 0.6) is 5.75 Å². The summed E-state index contributed by atoms with van der Waals surface area (Å²) in [5, 5.41) is 0.605. The molecule has 9 heteroatoms. The van der Waals surface area contributed by atoms with E-state index in [-0.39, 0.29) is 11.9 Å². The molecule has 1 N–H and O–H groups in total. The second-order valence-electron chi connectivity index (χ2n) is 6.22. The fraction of sp³-hybridized carbons (Fsp3) is 0.562. The van der Waals surface area contributed by atoms with Crippen LogP contribution in [0.4, 0.5) is 0 Å². The highest BCUT2D eigenvalue weighted by Crippen LogP contribution is 2.19. The van der Waals surface area contributed by atoms with Gasteiger partial charge in [-0.1, -0.05) is 11.6 Å². The van der Waals surface area contributed by atoms with Gasteiger partial charge in [0.1, 0.15) is 5.75 Å². The Hall–Kier alpha value is -1.35. The number of benzene rings is 1. The zero-order valence-electron chi connectivity index (χ0n) is 14.6. The number of nitrogens with one attached hydrogen (secondary N) is 1. The molecule has 1 aromatic carbocycles. The van der Waals surface area contributed by atoms with Gasteiger partial charge in [-0.05, 0) is 44.0 Å². The number of ether oxygens (including phenoxy) is 1. The number of carbonyl (C=O) groups is 1. The van der Waals surface area contributed by atoms with Crippen LogP contribution in [0.2, 0.25) is 5.02 Å². The Balaban J connectivity index is 1.85. The Morgan fingerprint density at radius 1 is 1.28 bits per heavy atom. The Labute approximate surface area is 154 Å². The van der Waals surface area contributed by atoms with Crippen LogP contribution < -0.4 is 9.46 Å². The maximum Gasteiger partial charge on any atom is 0.279 e. The van der Waals surface area contributed by atoms with Crippen molar-refractivity contribution in [2.45, 2.75) is 31.9 Å². The maximum absolute atomic E-state index is 12.5. The first-order chi connectivity index (χ1) is 11.7. The predicted octanol–water partition coefficient (Wildman–Crippen LogP) is 1.49. The molecule has 2 rings (SSSR count). The van der Waals surface area contributed by atoms with E-state index < -0.39 is 16.3 Å². The molecule has 1 unspecified atom stereocenters. The second-order valence-corrected chi connectivity index (χ2v) is 8.57. The summed E-state index contributed by atoms with van der Waals surface area (Å²) >= 11 is 5.83. The number of hydrogen-bond acceptors (Lipinski definition) is 4. The smallest absolute Gasteiger partial charge is 0.279 e. The standard InChI is InChI=1S/C16H24ClN3O4S/c1-12(24-15-6-4-13(17)5-7-15)16(21)20-10-8-14(9-11-20)18-25(22,23)19(2)3/h4-7,12,14,18H,8-11H2,1-3H3. The molecule has 0 spiro atoms. The number of halogens is 1. The molecular formula is C16H24ClN3O4S. The van der Waals surface area contributed by atoms with Crippen LogP contribution in [0.3, 0.4) is 0 Å². The fourth-order valence-electron chi connectivity index (χ4n) is 2.56. The lowest BCUT2D eigenvalue weighted by atomic mass is 10.1. The van der Waals surface area contributed by atoms with Gasteiger partial charge >= 0.3 is 0 Å². The molecule has 25 heavy (non-hydrogen) atoms. The van der Waals surface area contributed by atoms with Crippen LogP contribution in [0.1, 0.15) is 19.8 Å². The summed E-state index contributed by atoms with van der Waals surface area (Å²) in [5.74, 6) is 0.475. The van der Waals surface area contributed by atoms with E-state index in [0.717, 1.165) is 4.31 Å². The molecule has 1 fully saturated rings. The topological polar surface area (TPSA) is 79.0 Å². The van der Waals surface area contributed by atoms with Gasteiger partial charge in [0.25, 0.3) is 16.1 Å². The third-order valence-corrected chi connectivity index (χ3v) is 5.92. The van der Waals surface area contributed by atoms with E-state index in [1.807, 2.05) is 0 Å². The summed E-state index contributed by atoms with van der Waals surface area (Å²) in [4.78, 5) is 14.2. The zero-order valence-corrected chi connectivity index (χ0v) is 16.2. The molecule has 1 aliphatic heterocycles. The summed E-state index contributed by atoms with van der Waals surface area (Å²) in [6.07, 6.45) is 0.537. The normalized spacial score (nSPS) is 17.6. The second kappa shape index (κ2) is 8.35. The van der Waals surface area contributed by atoms with Crippen LogP contribution in [-0.2, 0) is 15.0 Å². The highest BCUT2D eigenvalue weighted by molar-refractivity contribution is 7.87. The molecule has 1 atom stereocenters. The highest BCUT2D eigenvalue weighted by Gasteiger charge is 2.29. The lowest BCUT2D eigenvalue weighted by Crippen LogP contribution is -2.51. The van der Waals surface area contributed by atoms with E-state index in [9.17, 15) is 13.2 Å². The Kier molecular flexibility index (Phi) is 6.67. The van der Waals surface area contributed by atoms with E-state index in [1.165, 1.54) is 14.1 Å². The van der Waals surface area contributed by atoms with Crippen molar-refractivity contribution in [3.05, 3.63) is 29.3 Å². The first kappa shape index (κ1) is 20.0. The quantitative estimate of drug-likeness (QED) is 0.799. The third-order valence-electron chi connectivity index (χ3n) is 4.08. The van der Waals surface area contributed by atoms with Gasteiger partial charge in [-0.25, -0.2) is 0 Å². The van der Waals surface area contributed by atoms with Crippen LogP contribution in [0.25, 0.3) is 0 Å². The van der Waals surface area contributed by atoms with Gasteiger partial charge in [-0.2, -0.15) is 17.4 Å².